The van der Waals surface area contributed by atoms with Crippen LogP contribution in [-0.4, -0.2) is 22.5 Å². The molecule has 2 heterocycles. The van der Waals surface area contributed by atoms with Gasteiger partial charge in [-0.1, -0.05) is 6.07 Å². The van der Waals surface area contributed by atoms with E-state index in [4.69, 9.17) is 4.74 Å². The van der Waals surface area contributed by atoms with Gasteiger partial charge in [-0.05, 0) is 32.9 Å². The first kappa shape index (κ1) is 14.5. The van der Waals surface area contributed by atoms with E-state index < -0.39 is 5.41 Å². The summed E-state index contributed by atoms with van der Waals surface area (Å²) in [4.78, 5) is 20.6. The van der Waals surface area contributed by atoms with E-state index >= 15 is 0 Å². The van der Waals surface area contributed by atoms with Crippen molar-refractivity contribution in [2.45, 2.75) is 26.2 Å². The minimum absolute atomic E-state index is 0.269. The van der Waals surface area contributed by atoms with Gasteiger partial charge >= 0.3 is 5.97 Å². The van der Waals surface area contributed by atoms with E-state index in [1.807, 2.05) is 37.4 Å². The summed E-state index contributed by atoms with van der Waals surface area (Å²) < 4.78 is 5.08. The van der Waals surface area contributed by atoms with Crippen molar-refractivity contribution in [2.75, 3.05) is 11.9 Å². The fraction of sp³-hybridized carbons (Fsp3) is 0.357. The summed E-state index contributed by atoms with van der Waals surface area (Å²) in [6.45, 7) is 5.78. The van der Waals surface area contributed by atoms with Gasteiger partial charge in [-0.15, -0.1) is 11.3 Å². The Bertz CT molecular complexity index is 581. The van der Waals surface area contributed by atoms with Crippen LogP contribution in [0.4, 0.5) is 10.9 Å². The van der Waals surface area contributed by atoms with Crippen molar-refractivity contribution < 1.29 is 9.53 Å². The normalized spacial score (nSPS) is 11.2. The third-order valence-corrected chi connectivity index (χ3v) is 3.59. The van der Waals surface area contributed by atoms with Crippen molar-refractivity contribution in [2.24, 2.45) is 0 Å². The van der Waals surface area contributed by atoms with Gasteiger partial charge in [-0.25, -0.2) is 9.97 Å². The van der Waals surface area contributed by atoms with Crippen LogP contribution in [0.25, 0.3) is 0 Å². The number of ether oxygens (including phenoxy) is 1. The summed E-state index contributed by atoms with van der Waals surface area (Å²) in [5.74, 6) is 0.456. The molecule has 0 bridgehead atoms. The van der Waals surface area contributed by atoms with Crippen molar-refractivity contribution in [1.82, 2.24) is 9.97 Å². The molecular formula is C14H17N3O2S. The van der Waals surface area contributed by atoms with Crippen molar-refractivity contribution in [3.63, 3.8) is 0 Å². The third-order valence-electron chi connectivity index (χ3n) is 2.83. The van der Waals surface area contributed by atoms with Gasteiger partial charge in [0.05, 0.1) is 12.3 Å². The van der Waals surface area contributed by atoms with E-state index in [2.05, 4.69) is 15.3 Å². The molecule has 0 atom stereocenters. The van der Waals surface area contributed by atoms with Gasteiger partial charge in [-0.2, -0.15) is 0 Å². The molecule has 20 heavy (non-hydrogen) atoms. The molecule has 0 aliphatic heterocycles. The van der Waals surface area contributed by atoms with Gasteiger partial charge in [0.2, 0.25) is 0 Å². The monoisotopic (exact) mass is 291 g/mol. The maximum absolute atomic E-state index is 11.9. The molecule has 0 saturated heterocycles. The smallest absolute Gasteiger partial charge is 0.317 e. The van der Waals surface area contributed by atoms with E-state index in [1.54, 1.807) is 13.1 Å². The molecule has 0 fully saturated rings. The Balaban J connectivity index is 2.14. The van der Waals surface area contributed by atoms with Crippen molar-refractivity contribution >= 4 is 28.3 Å². The molecule has 6 heteroatoms. The lowest BCUT2D eigenvalue weighted by Crippen LogP contribution is -2.31. The predicted molar refractivity (Wildman–Crippen MR) is 79.3 cm³/mol. The molecule has 0 unspecified atom stereocenters. The summed E-state index contributed by atoms with van der Waals surface area (Å²) in [7, 11) is 0. The maximum Gasteiger partial charge on any atom is 0.317 e. The average Bonchev–Trinajstić information content (AvgIpc) is 2.89. The standard InChI is InChI=1S/C14H17N3O2S/c1-4-19-12(18)14(2,3)10-9-20-13(16-10)17-11-7-5-6-8-15-11/h5-9H,4H2,1-3H3,(H,15,16,17). The van der Waals surface area contributed by atoms with E-state index in [1.165, 1.54) is 11.3 Å². The fourth-order valence-corrected chi connectivity index (χ4v) is 2.47. The van der Waals surface area contributed by atoms with Crippen LogP contribution in [0.5, 0.6) is 0 Å². The highest BCUT2D eigenvalue weighted by molar-refractivity contribution is 7.13. The lowest BCUT2D eigenvalue weighted by atomic mass is 9.90. The largest absolute Gasteiger partial charge is 0.465 e. The number of anilines is 2. The maximum atomic E-state index is 11.9. The quantitative estimate of drug-likeness (QED) is 0.857. The number of rotatable bonds is 5. The van der Waals surface area contributed by atoms with Crippen LogP contribution in [0.15, 0.2) is 29.8 Å². The number of aromatic nitrogens is 2. The van der Waals surface area contributed by atoms with Crippen LogP contribution in [-0.2, 0) is 14.9 Å². The number of hydrogen-bond donors (Lipinski definition) is 1. The molecular weight excluding hydrogens is 274 g/mol. The zero-order valence-electron chi connectivity index (χ0n) is 11.7. The number of thiazole rings is 1. The molecule has 0 aromatic carbocycles. The topological polar surface area (TPSA) is 64.1 Å². The highest BCUT2D eigenvalue weighted by atomic mass is 32.1. The number of carbonyl (C=O) groups excluding carboxylic acids is 1. The highest BCUT2D eigenvalue weighted by Gasteiger charge is 2.33. The van der Waals surface area contributed by atoms with Crippen molar-refractivity contribution in [1.29, 1.82) is 0 Å². The van der Waals surface area contributed by atoms with Gasteiger partial charge < -0.3 is 10.1 Å². The van der Waals surface area contributed by atoms with Crippen molar-refractivity contribution in [3.8, 4) is 0 Å². The minimum atomic E-state index is -0.753. The second-order valence-corrected chi connectivity index (χ2v) is 5.58. The van der Waals surface area contributed by atoms with Gasteiger partial charge in [0.1, 0.15) is 11.2 Å². The van der Waals surface area contributed by atoms with E-state index in [-0.39, 0.29) is 5.97 Å². The van der Waals surface area contributed by atoms with Crippen LogP contribution in [0.3, 0.4) is 0 Å². The molecule has 5 nitrogen and oxygen atoms in total. The number of hydrogen-bond acceptors (Lipinski definition) is 6. The number of nitrogens with zero attached hydrogens (tertiary/aromatic N) is 2. The summed E-state index contributed by atoms with van der Waals surface area (Å²) in [5, 5.41) is 5.68. The summed E-state index contributed by atoms with van der Waals surface area (Å²) >= 11 is 1.44. The van der Waals surface area contributed by atoms with Gasteiger partial charge in [0, 0.05) is 11.6 Å². The van der Waals surface area contributed by atoms with Crippen LogP contribution in [0.2, 0.25) is 0 Å². The molecule has 2 aromatic heterocycles. The first-order chi connectivity index (χ1) is 9.54. The highest BCUT2D eigenvalue weighted by Crippen LogP contribution is 2.29. The Hall–Kier alpha value is -1.95. The lowest BCUT2D eigenvalue weighted by molar-refractivity contribution is -0.148. The van der Waals surface area contributed by atoms with E-state index in [0.717, 1.165) is 5.82 Å². The molecule has 0 radical (unpaired) electrons. The molecule has 106 valence electrons. The minimum Gasteiger partial charge on any atom is -0.465 e. The first-order valence-corrected chi connectivity index (χ1v) is 7.23. The van der Waals surface area contributed by atoms with Crippen molar-refractivity contribution in [3.05, 3.63) is 35.5 Å². The number of pyridine rings is 1. The Kier molecular flexibility index (Phi) is 4.34. The molecule has 0 amide bonds. The number of nitrogens with one attached hydrogen (secondary N) is 1. The third kappa shape index (κ3) is 3.14. The lowest BCUT2D eigenvalue weighted by Gasteiger charge is -2.19. The molecule has 2 rings (SSSR count). The number of carbonyl (C=O) groups is 1. The zero-order chi connectivity index (χ0) is 14.6. The summed E-state index contributed by atoms with van der Waals surface area (Å²) in [6.07, 6.45) is 1.71. The SMILES string of the molecule is CCOC(=O)C(C)(C)c1csc(Nc2ccccn2)n1. The molecule has 0 saturated carbocycles. The fourth-order valence-electron chi connectivity index (χ4n) is 1.58. The molecule has 0 aliphatic carbocycles. The molecule has 2 aromatic rings. The van der Waals surface area contributed by atoms with Crippen LogP contribution >= 0.6 is 11.3 Å². The molecule has 0 aliphatic rings. The first-order valence-electron chi connectivity index (χ1n) is 6.35. The average molecular weight is 291 g/mol. The summed E-state index contributed by atoms with van der Waals surface area (Å²) in [5.41, 5.74) is -0.0595. The molecule has 0 spiro atoms. The second kappa shape index (κ2) is 6.00. The van der Waals surface area contributed by atoms with Gasteiger partial charge in [-0.3, -0.25) is 4.79 Å². The Labute approximate surface area is 122 Å². The second-order valence-electron chi connectivity index (χ2n) is 4.72. The van der Waals surface area contributed by atoms with E-state index in [0.29, 0.717) is 17.4 Å². The zero-order valence-corrected chi connectivity index (χ0v) is 12.5. The van der Waals surface area contributed by atoms with Crippen LogP contribution in [0.1, 0.15) is 26.5 Å². The Morgan fingerprint density at radius 3 is 2.90 bits per heavy atom. The molecule has 1 N–H and O–H groups in total. The Morgan fingerprint density at radius 1 is 1.45 bits per heavy atom. The van der Waals surface area contributed by atoms with Crippen LogP contribution < -0.4 is 5.32 Å². The van der Waals surface area contributed by atoms with Crippen LogP contribution in [0, 0.1) is 0 Å². The van der Waals surface area contributed by atoms with E-state index in [9.17, 15) is 4.79 Å². The van der Waals surface area contributed by atoms with Gasteiger partial charge in [0.25, 0.3) is 0 Å². The summed E-state index contributed by atoms with van der Waals surface area (Å²) in [6, 6.07) is 5.60. The predicted octanol–water partition coefficient (Wildman–Crippen LogP) is 3.12. The van der Waals surface area contributed by atoms with Gasteiger partial charge in [0.15, 0.2) is 5.13 Å². The number of esters is 1. The Morgan fingerprint density at radius 2 is 2.25 bits per heavy atom.